The number of carbonyl (C=O) groups is 1. The van der Waals surface area contributed by atoms with E-state index in [0.29, 0.717) is 17.9 Å². The van der Waals surface area contributed by atoms with Crippen LogP contribution >= 0.6 is 11.8 Å². The summed E-state index contributed by atoms with van der Waals surface area (Å²) in [6.45, 7) is 0.892. The van der Waals surface area contributed by atoms with Crippen molar-refractivity contribution in [3.05, 3.63) is 0 Å². The quantitative estimate of drug-likeness (QED) is 0.619. The molecule has 0 aromatic carbocycles. The molecule has 0 unspecified atom stereocenters. The normalized spacial score (nSPS) is 46.8. The molecule has 4 heteroatoms. The molecule has 15 heavy (non-hydrogen) atoms. The van der Waals surface area contributed by atoms with Gasteiger partial charge in [0.05, 0.1) is 12.0 Å². The zero-order valence-corrected chi connectivity index (χ0v) is 9.37. The Kier molecular flexibility index (Phi) is 1.60. The summed E-state index contributed by atoms with van der Waals surface area (Å²) in [5.41, 5.74) is 0. The predicted octanol–water partition coefficient (Wildman–Crippen LogP) is 1.35. The highest BCUT2D eigenvalue weighted by Crippen LogP contribution is 2.52. The van der Waals surface area contributed by atoms with Gasteiger partial charge in [-0.25, -0.2) is 0 Å². The Hall–Kier alpha value is -0.510. The van der Waals surface area contributed by atoms with E-state index in [0.717, 1.165) is 23.4 Å². The lowest BCUT2D eigenvalue weighted by Gasteiger charge is -2.35. The molecule has 0 radical (unpaired) electrons. The van der Waals surface area contributed by atoms with Crippen LogP contribution in [0.3, 0.4) is 0 Å². The SMILES string of the molecule is O=C1[C@@H]2[C@H]3CC[C@H](C3)[C@@H]2N=C2SCCN12. The van der Waals surface area contributed by atoms with E-state index in [-0.39, 0.29) is 5.92 Å². The number of thioether (sulfide) groups is 1. The molecule has 80 valence electrons. The van der Waals surface area contributed by atoms with Crippen molar-refractivity contribution in [2.45, 2.75) is 25.3 Å². The maximum Gasteiger partial charge on any atom is 0.234 e. The number of hydrogen-bond donors (Lipinski definition) is 0. The Morgan fingerprint density at radius 3 is 3.13 bits per heavy atom. The van der Waals surface area contributed by atoms with Crippen LogP contribution in [0.4, 0.5) is 0 Å². The maximum absolute atomic E-state index is 12.3. The molecule has 4 atom stereocenters. The van der Waals surface area contributed by atoms with Crippen LogP contribution in [0.5, 0.6) is 0 Å². The number of rotatable bonds is 0. The van der Waals surface area contributed by atoms with Crippen LogP contribution in [0.2, 0.25) is 0 Å². The summed E-state index contributed by atoms with van der Waals surface area (Å²) in [5, 5.41) is 1.02. The van der Waals surface area contributed by atoms with Gasteiger partial charge < -0.3 is 0 Å². The lowest BCUT2D eigenvalue weighted by Crippen LogP contribution is -2.48. The van der Waals surface area contributed by atoms with E-state index >= 15 is 0 Å². The number of fused-ring (bicyclic) bond motifs is 6. The lowest BCUT2D eigenvalue weighted by molar-refractivity contribution is -0.134. The first kappa shape index (κ1) is 8.62. The number of carbonyl (C=O) groups excluding carboxylic acids is 1. The second kappa shape index (κ2) is 2.78. The van der Waals surface area contributed by atoms with Gasteiger partial charge in [-0.15, -0.1) is 0 Å². The summed E-state index contributed by atoms with van der Waals surface area (Å²) in [5.74, 6) is 3.07. The largest absolute Gasteiger partial charge is 0.290 e. The van der Waals surface area contributed by atoms with E-state index in [4.69, 9.17) is 4.99 Å². The van der Waals surface area contributed by atoms with Crippen LogP contribution in [0.1, 0.15) is 19.3 Å². The van der Waals surface area contributed by atoms with Crippen molar-refractivity contribution >= 4 is 22.8 Å². The summed E-state index contributed by atoms with van der Waals surface area (Å²) < 4.78 is 0. The number of hydrogen-bond acceptors (Lipinski definition) is 3. The molecular formula is C11H14N2OS. The van der Waals surface area contributed by atoms with Gasteiger partial charge in [-0.05, 0) is 31.1 Å². The topological polar surface area (TPSA) is 32.7 Å². The first-order chi connectivity index (χ1) is 7.34. The molecule has 1 saturated heterocycles. The highest BCUT2D eigenvalue weighted by Gasteiger charge is 2.55. The van der Waals surface area contributed by atoms with Crippen molar-refractivity contribution < 1.29 is 4.79 Å². The molecule has 4 rings (SSSR count). The van der Waals surface area contributed by atoms with Crippen molar-refractivity contribution in [1.82, 2.24) is 4.90 Å². The van der Waals surface area contributed by atoms with Crippen molar-refractivity contribution in [2.24, 2.45) is 22.7 Å². The van der Waals surface area contributed by atoms with E-state index in [1.807, 2.05) is 4.90 Å². The van der Waals surface area contributed by atoms with E-state index in [2.05, 4.69) is 0 Å². The third-order valence-electron chi connectivity index (χ3n) is 4.46. The molecule has 2 bridgehead atoms. The van der Waals surface area contributed by atoms with E-state index in [1.165, 1.54) is 19.3 Å². The second-order valence-corrected chi connectivity index (χ2v) is 6.16. The highest BCUT2D eigenvalue weighted by atomic mass is 32.2. The van der Waals surface area contributed by atoms with Crippen molar-refractivity contribution in [3.8, 4) is 0 Å². The van der Waals surface area contributed by atoms with E-state index in [1.54, 1.807) is 11.8 Å². The molecule has 3 fully saturated rings. The number of amidine groups is 1. The fraction of sp³-hybridized carbons (Fsp3) is 0.818. The minimum absolute atomic E-state index is 0.256. The Morgan fingerprint density at radius 2 is 2.20 bits per heavy atom. The van der Waals surface area contributed by atoms with Crippen LogP contribution in [-0.4, -0.2) is 34.3 Å². The fourth-order valence-corrected chi connectivity index (χ4v) is 4.81. The van der Waals surface area contributed by atoms with Crippen LogP contribution in [0.25, 0.3) is 0 Å². The number of aliphatic imine (C=N–C) groups is 1. The van der Waals surface area contributed by atoms with E-state index in [9.17, 15) is 4.79 Å². The molecule has 2 aliphatic carbocycles. The third kappa shape index (κ3) is 0.986. The smallest absolute Gasteiger partial charge is 0.234 e. The van der Waals surface area contributed by atoms with Gasteiger partial charge in [-0.3, -0.25) is 14.7 Å². The van der Waals surface area contributed by atoms with Crippen molar-refractivity contribution in [2.75, 3.05) is 12.3 Å². The Labute approximate surface area is 93.3 Å². The molecule has 4 aliphatic rings. The second-order valence-electron chi connectivity index (χ2n) is 5.10. The van der Waals surface area contributed by atoms with Gasteiger partial charge in [0.1, 0.15) is 0 Å². The summed E-state index contributed by atoms with van der Waals surface area (Å²) >= 11 is 1.76. The van der Waals surface area contributed by atoms with Gasteiger partial charge >= 0.3 is 0 Å². The van der Waals surface area contributed by atoms with Crippen LogP contribution in [0.15, 0.2) is 4.99 Å². The molecule has 2 heterocycles. The highest BCUT2D eigenvalue weighted by molar-refractivity contribution is 8.14. The molecule has 0 N–H and O–H groups in total. The zero-order valence-electron chi connectivity index (χ0n) is 8.56. The summed E-state index contributed by atoms with van der Waals surface area (Å²) in [6.07, 6.45) is 3.83. The first-order valence-corrected chi connectivity index (χ1v) is 6.85. The summed E-state index contributed by atoms with van der Waals surface area (Å²) in [6, 6.07) is 0.355. The van der Waals surface area contributed by atoms with Gasteiger partial charge in [-0.2, -0.15) is 0 Å². The van der Waals surface area contributed by atoms with Crippen LogP contribution < -0.4 is 0 Å². The van der Waals surface area contributed by atoms with Crippen LogP contribution in [-0.2, 0) is 4.79 Å². The molecule has 3 nitrogen and oxygen atoms in total. The average molecular weight is 222 g/mol. The van der Waals surface area contributed by atoms with Crippen molar-refractivity contribution in [1.29, 1.82) is 0 Å². The molecular weight excluding hydrogens is 208 g/mol. The molecule has 1 amide bonds. The molecule has 2 aliphatic heterocycles. The van der Waals surface area contributed by atoms with Gasteiger partial charge in [-0.1, -0.05) is 11.8 Å². The standard InChI is InChI=1S/C11H14N2OS/c14-10-8-6-1-2-7(5-6)9(8)12-11-13(10)3-4-15-11/h6-9H,1-5H2/t6-,7+,8+,9-/m0/s1. The minimum atomic E-state index is 0.256. The molecule has 0 aromatic rings. The Bertz CT molecular complexity index is 368. The zero-order chi connectivity index (χ0) is 9.99. The molecule has 0 spiro atoms. The maximum atomic E-state index is 12.3. The van der Waals surface area contributed by atoms with Gasteiger partial charge in [0.15, 0.2) is 5.17 Å². The molecule has 2 saturated carbocycles. The first-order valence-electron chi connectivity index (χ1n) is 5.86. The third-order valence-corrected chi connectivity index (χ3v) is 5.43. The summed E-state index contributed by atoms with van der Waals surface area (Å²) in [7, 11) is 0. The van der Waals surface area contributed by atoms with Crippen LogP contribution in [0, 0.1) is 17.8 Å². The average Bonchev–Trinajstić information content (AvgIpc) is 2.90. The van der Waals surface area contributed by atoms with E-state index < -0.39 is 0 Å². The number of nitrogens with zero attached hydrogens (tertiary/aromatic N) is 2. The van der Waals surface area contributed by atoms with Gasteiger partial charge in [0, 0.05) is 12.3 Å². The predicted molar refractivity (Wildman–Crippen MR) is 59.7 cm³/mol. The van der Waals surface area contributed by atoms with Gasteiger partial charge in [0.25, 0.3) is 0 Å². The molecule has 0 aromatic heterocycles. The fourth-order valence-electron chi connectivity index (χ4n) is 3.82. The number of amides is 1. The monoisotopic (exact) mass is 222 g/mol. The van der Waals surface area contributed by atoms with Crippen molar-refractivity contribution in [3.63, 3.8) is 0 Å². The Morgan fingerprint density at radius 1 is 1.33 bits per heavy atom. The Balaban J connectivity index is 1.79. The lowest BCUT2D eigenvalue weighted by atomic mass is 9.83. The van der Waals surface area contributed by atoms with Gasteiger partial charge in [0.2, 0.25) is 5.91 Å². The minimum Gasteiger partial charge on any atom is -0.290 e. The summed E-state index contributed by atoms with van der Waals surface area (Å²) in [4.78, 5) is 19.1.